The average molecular weight is 389 g/mol. The van der Waals surface area contributed by atoms with Gasteiger partial charge in [-0.3, -0.25) is 14.1 Å². The summed E-state index contributed by atoms with van der Waals surface area (Å²) in [5.74, 6) is -1.95. The van der Waals surface area contributed by atoms with Gasteiger partial charge in [0, 0.05) is 0 Å². The van der Waals surface area contributed by atoms with Gasteiger partial charge in [0.05, 0.1) is 19.6 Å². The Morgan fingerprint density at radius 3 is 1.80 bits per heavy atom. The molecule has 0 aromatic carbocycles. The minimum atomic E-state index is -4.72. The molecule has 0 amide bonds. The Balaban J connectivity index is 0. The summed E-state index contributed by atoms with van der Waals surface area (Å²) in [5.41, 5.74) is 0. The van der Waals surface area contributed by atoms with Crippen molar-refractivity contribution in [2.45, 2.75) is 76.9 Å². The molecule has 0 rings (SSSR count). The van der Waals surface area contributed by atoms with Crippen LogP contribution in [0.1, 0.15) is 71.6 Å². The van der Waals surface area contributed by atoms with Gasteiger partial charge < -0.3 is 9.47 Å². The number of ether oxygens (including phenoxy) is 2. The number of rotatable bonds is 14. The van der Waals surface area contributed by atoms with Crippen LogP contribution in [0.5, 0.6) is 0 Å². The molecule has 0 aliphatic carbocycles. The van der Waals surface area contributed by atoms with Crippen LogP contribution in [0.3, 0.4) is 0 Å². The Hall–Kier alpha value is -0.150. The zero-order valence-corrected chi connectivity index (χ0v) is 18.5. The summed E-state index contributed by atoms with van der Waals surface area (Å²) in [6.45, 7) is 4.32. The molecule has 142 valence electrons. The topological polar surface area (TPSA) is 107 Å². The summed E-state index contributed by atoms with van der Waals surface area (Å²) in [6.07, 6.45) is 6.40. The molecule has 1 N–H and O–H groups in total. The maximum absolute atomic E-state index is 11.8. The first-order chi connectivity index (χ1) is 11.3. The van der Waals surface area contributed by atoms with E-state index >= 15 is 0 Å². The molecule has 0 radical (unpaired) electrons. The molecule has 25 heavy (non-hydrogen) atoms. The second kappa shape index (κ2) is 16.1. The molecule has 7 nitrogen and oxygen atoms in total. The Morgan fingerprint density at radius 1 is 0.880 bits per heavy atom. The fourth-order valence-electron chi connectivity index (χ4n) is 2.03. The van der Waals surface area contributed by atoms with Crippen molar-refractivity contribution >= 4 is 22.1 Å². The van der Waals surface area contributed by atoms with Crippen molar-refractivity contribution in [2.24, 2.45) is 0 Å². The van der Waals surface area contributed by atoms with Gasteiger partial charge in [-0.25, -0.2) is 0 Å². The molecule has 0 aliphatic heterocycles. The molecule has 1 unspecified atom stereocenters. The molecular formula is C16H30NaO7S+. The van der Waals surface area contributed by atoms with E-state index in [0.717, 1.165) is 38.5 Å². The number of hydrogen-bond acceptors (Lipinski definition) is 6. The fourth-order valence-corrected chi connectivity index (χ4v) is 2.69. The van der Waals surface area contributed by atoms with Crippen molar-refractivity contribution in [2.75, 3.05) is 13.2 Å². The molecule has 0 saturated heterocycles. The Kier molecular flexibility index (Phi) is 17.4. The van der Waals surface area contributed by atoms with Gasteiger partial charge >= 0.3 is 41.5 Å². The van der Waals surface area contributed by atoms with Gasteiger partial charge in [-0.05, 0) is 12.8 Å². The molecule has 0 aromatic heterocycles. The number of unbranched alkanes of at least 4 members (excludes halogenated alkanes) is 6. The van der Waals surface area contributed by atoms with Crippen molar-refractivity contribution < 1.29 is 61.6 Å². The van der Waals surface area contributed by atoms with Crippen LogP contribution in [0.25, 0.3) is 0 Å². The van der Waals surface area contributed by atoms with E-state index in [2.05, 4.69) is 6.92 Å². The van der Waals surface area contributed by atoms with E-state index in [1.54, 1.807) is 0 Å². The second-order valence-corrected chi connectivity index (χ2v) is 7.32. The predicted molar refractivity (Wildman–Crippen MR) is 90.2 cm³/mol. The summed E-state index contributed by atoms with van der Waals surface area (Å²) < 4.78 is 41.5. The minimum Gasteiger partial charge on any atom is -0.466 e. The quantitative estimate of drug-likeness (QED) is 0.191. The van der Waals surface area contributed by atoms with Crippen LogP contribution in [0, 0.1) is 0 Å². The number of carbonyl (C=O) groups is 2. The van der Waals surface area contributed by atoms with Crippen molar-refractivity contribution in [1.82, 2.24) is 0 Å². The van der Waals surface area contributed by atoms with Crippen molar-refractivity contribution in [3.63, 3.8) is 0 Å². The van der Waals surface area contributed by atoms with Crippen LogP contribution in [-0.4, -0.2) is 43.4 Å². The Morgan fingerprint density at radius 2 is 1.36 bits per heavy atom. The zero-order chi connectivity index (χ0) is 18.4. The molecule has 9 heteroatoms. The third kappa shape index (κ3) is 14.7. The molecule has 0 aliphatic rings. The first kappa shape index (κ1) is 27.1. The largest absolute Gasteiger partial charge is 1.00 e. The molecule has 0 saturated carbocycles. The predicted octanol–water partition coefficient (Wildman–Crippen LogP) is -0.116. The molecular weight excluding hydrogens is 359 g/mol. The van der Waals surface area contributed by atoms with Crippen molar-refractivity contribution in [3.05, 3.63) is 0 Å². The van der Waals surface area contributed by atoms with Gasteiger partial charge in [0.1, 0.15) is 0 Å². The smallest absolute Gasteiger partial charge is 0.466 e. The summed E-state index contributed by atoms with van der Waals surface area (Å²) in [6, 6.07) is 0. The van der Waals surface area contributed by atoms with E-state index in [-0.39, 0.29) is 42.8 Å². The Labute approximate surface area is 173 Å². The number of carbonyl (C=O) groups excluding carboxylic acids is 2. The van der Waals surface area contributed by atoms with Gasteiger partial charge in [0.15, 0.2) is 5.25 Å². The standard InChI is InChI=1S/C16H30O7S.Na/c1-3-5-7-9-11-22-15(17)13-14(24(19,20)21)16(18)23-12-10-8-6-4-2;/h14H,3-13H2,1-2H3,(H,19,20,21);/q;+1. The van der Waals surface area contributed by atoms with Gasteiger partial charge in [-0.1, -0.05) is 52.4 Å². The van der Waals surface area contributed by atoms with Gasteiger partial charge in [-0.15, -0.1) is 0 Å². The van der Waals surface area contributed by atoms with E-state index in [9.17, 15) is 18.0 Å². The van der Waals surface area contributed by atoms with Crippen molar-refractivity contribution in [1.29, 1.82) is 0 Å². The monoisotopic (exact) mass is 389 g/mol. The number of esters is 2. The molecule has 0 aromatic rings. The van der Waals surface area contributed by atoms with E-state index in [1.807, 2.05) is 6.92 Å². The van der Waals surface area contributed by atoms with Crippen LogP contribution in [0.4, 0.5) is 0 Å². The van der Waals surface area contributed by atoms with Gasteiger partial charge in [-0.2, -0.15) is 8.42 Å². The van der Waals surface area contributed by atoms with Crippen molar-refractivity contribution in [3.8, 4) is 0 Å². The summed E-state index contributed by atoms with van der Waals surface area (Å²) in [4.78, 5) is 23.5. The third-order valence-electron chi connectivity index (χ3n) is 3.48. The normalized spacial score (nSPS) is 12.1. The first-order valence-corrected chi connectivity index (χ1v) is 10.1. The van der Waals surface area contributed by atoms with E-state index in [0.29, 0.717) is 12.8 Å². The van der Waals surface area contributed by atoms with Crippen LogP contribution < -0.4 is 29.6 Å². The third-order valence-corrected chi connectivity index (χ3v) is 4.56. The number of hydrogen-bond donors (Lipinski definition) is 1. The van der Waals surface area contributed by atoms with E-state index < -0.39 is 33.7 Å². The second-order valence-electron chi connectivity index (χ2n) is 5.72. The van der Waals surface area contributed by atoms with Gasteiger partial charge in [0.2, 0.25) is 0 Å². The SMILES string of the molecule is CCCCCCOC(=O)CC(C(=O)OCCCCCC)S(=O)(=O)O.[Na+]. The van der Waals surface area contributed by atoms with Crippen LogP contribution in [0.2, 0.25) is 0 Å². The maximum atomic E-state index is 11.8. The summed E-state index contributed by atoms with van der Waals surface area (Å²) in [5, 5.41) is -1.92. The fraction of sp³-hybridized carbons (Fsp3) is 0.875. The van der Waals surface area contributed by atoms with Gasteiger partial charge in [0.25, 0.3) is 10.1 Å². The molecule has 0 heterocycles. The van der Waals surface area contributed by atoms with Crippen LogP contribution in [0.15, 0.2) is 0 Å². The molecule has 0 bridgehead atoms. The maximum Gasteiger partial charge on any atom is 1.00 e. The van der Waals surface area contributed by atoms with Crippen LogP contribution >= 0.6 is 0 Å². The summed E-state index contributed by atoms with van der Waals surface area (Å²) in [7, 11) is -4.72. The van der Waals surface area contributed by atoms with Crippen LogP contribution in [-0.2, 0) is 29.2 Å². The molecule has 1 atom stereocenters. The Bertz CT molecular complexity index is 465. The average Bonchev–Trinajstić information content (AvgIpc) is 2.51. The summed E-state index contributed by atoms with van der Waals surface area (Å²) >= 11 is 0. The molecule has 0 spiro atoms. The first-order valence-electron chi connectivity index (χ1n) is 8.61. The zero-order valence-electron chi connectivity index (χ0n) is 15.7. The van der Waals surface area contributed by atoms with E-state index in [1.165, 1.54) is 0 Å². The minimum absolute atomic E-state index is 0. The molecule has 0 fully saturated rings. The van der Waals surface area contributed by atoms with E-state index in [4.69, 9.17) is 14.0 Å².